The number of aromatic nitrogens is 3. The lowest BCUT2D eigenvalue weighted by Gasteiger charge is -2.20. The molecule has 8 rings (SSSR count). The zero-order chi connectivity index (χ0) is 27.4. The van der Waals surface area contributed by atoms with Gasteiger partial charge in [0.05, 0.1) is 22.1 Å². The van der Waals surface area contributed by atoms with Crippen LogP contribution in [0.25, 0.3) is 49.6 Å². The highest BCUT2D eigenvalue weighted by molar-refractivity contribution is 7.85. The van der Waals surface area contributed by atoms with E-state index in [2.05, 4.69) is 59.0 Å². The third kappa shape index (κ3) is 3.65. The van der Waals surface area contributed by atoms with Crippen molar-refractivity contribution in [3.05, 3.63) is 146 Å². The molecule has 0 amide bonds. The molecule has 0 bridgehead atoms. The van der Waals surface area contributed by atoms with Crippen molar-refractivity contribution in [1.29, 1.82) is 0 Å². The van der Waals surface area contributed by atoms with Crippen LogP contribution in [-0.2, 0) is 4.57 Å². The van der Waals surface area contributed by atoms with E-state index in [-0.39, 0.29) is 0 Å². The van der Waals surface area contributed by atoms with Crippen LogP contribution in [0.5, 0.6) is 0 Å². The molecule has 3 aromatic heterocycles. The van der Waals surface area contributed by atoms with Crippen LogP contribution in [0.1, 0.15) is 0 Å². The van der Waals surface area contributed by atoms with Gasteiger partial charge in [-0.05, 0) is 47.5 Å². The van der Waals surface area contributed by atoms with Gasteiger partial charge in [0.2, 0.25) is 0 Å². The molecule has 0 aliphatic heterocycles. The first-order valence-corrected chi connectivity index (χ1v) is 15.3. The number of fused-ring (bicyclic) bond motifs is 8. The van der Waals surface area contributed by atoms with Gasteiger partial charge in [0.1, 0.15) is 5.65 Å². The largest absolute Gasteiger partial charge is 0.309 e. The molecule has 0 spiro atoms. The summed E-state index contributed by atoms with van der Waals surface area (Å²) in [5.41, 5.74) is 6.81. The zero-order valence-corrected chi connectivity index (χ0v) is 22.9. The molecule has 4 nitrogen and oxygen atoms in total. The van der Waals surface area contributed by atoms with Gasteiger partial charge in [-0.25, -0.2) is 4.98 Å². The minimum absolute atomic E-state index is 0.780. The Morgan fingerprint density at radius 3 is 1.93 bits per heavy atom. The van der Waals surface area contributed by atoms with Crippen LogP contribution in [-0.4, -0.2) is 14.4 Å². The minimum atomic E-state index is -3.15. The fraction of sp³-hybridized carbons (Fsp3) is 0. The first-order chi connectivity index (χ1) is 20.2. The molecule has 5 heteroatoms. The molecular weight excluding hydrogens is 521 g/mol. The fourth-order valence-electron chi connectivity index (χ4n) is 5.93. The first-order valence-electron chi connectivity index (χ1n) is 13.6. The van der Waals surface area contributed by atoms with Crippen LogP contribution in [0.3, 0.4) is 0 Å². The molecule has 0 fully saturated rings. The summed E-state index contributed by atoms with van der Waals surface area (Å²) in [5.74, 6) is 0. The molecule has 0 saturated carbocycles. The fourth-order valence-corrected chi connectivity index (χ4v) is 8.60. The topological polar surface area (TPSA) is 47.3 Å². The average molecular weight is 546 g/mol. The Hall–Kier alpha value is -5.05. The lowest BCUT2D eigenvalue weighted by Crippen LogP contribution is -2.24. The van der Waals surface area contributed by atoms with E-state index in [4.69, 9.17) is 9.97 Å². The normalized spacial score (nSPS) is 12.0. The van der Waals surface area contributed by atoms with E-state index < -0.39 is 7.14 Å². The van der Waals surface area contributed by atoms with E-state index in [0.717, 1.165) is 65.5 Å². The average Bonchev–Trinajstić information content (AvgIpc) is 3.45. The van der Waals surface area contributed by atoms with Gasteiger partial charge in [-0.15, -0.1) is 0 Å². The van der Waals surface area contributed by atoms with Crippen molar-refractivity contribution in [2.75, 3.05) is 0 Å². The second kappa shape index (κ2) is 9.26. The molecule has 0 atom stereocenters. The summed E-state index contributed by atoms with van der Waals surface area (Å²) < 4.78 is 17.4. The van der Waals surface area contributed by atoms with Crippen LogP contribution in [0.15, 0.2) is 146 Å². The Balaban J connectivity index is 1.49. The molecule has 0 N–H and O–H groups in total. The van der Waals surface area contributed by atoms with Crippen molar-refractivity contribution in [1.82, 2.24) is 14.4 Å². The quantitative estimate of drug-likeness (QED) is 0.170. The molecule has 0 unspecified atom stereocenters. The maximum Gasteiger partial charge on any atom is 0.171 e. The van der Waals surface area contributed by atoms with Crippen molar-refractivity contribution in [2.24, 2.45) is 0 Å². The van der Waals surface area contributed by atoms with E-state index in [0.29, 0.717) is 0 Å². The molecule has 0 aliphatic carbocycles. The lowest BCUT2D eigenvalue weighted by molar-refractivity contribution is 0.592. The zero-order valence-electron chi connectivity index (χ0n) is 22.1. The predicted octanol–water partition coefficient (Wildman–Crippen LogP) is 7.50. The molecule has 0 saturated heterocycles. The summed E-state index contributed by atoms with van der Waals surface area (Å²) in [6, 6.07) is 46.6. The molecule has 8 aromatic rings. The van der Waals surface area contributed by atoms with Crippen molar-refractivity contribution >= 4 is 61.5 Å². The van der Waals surface area contributed by atoms with Gasteiger partial charge >= 0.3 is 0 Å². The van der Waals surface area contributed by atoms with E-state index in [9.17, 15) is 0 Å². The lowest BCUT2D eigenvalue weighted by atomic mass is 10.0. The van der Waals surface area contributed by atoms with Crippen molar-refractivity contribution in [3.63, 3.8) is 0 Å². The first kappa shape index (κ1) is 23.8. The van der Waals surface area contributed by atoms with Gasteiger partial charge in [0, 0.05) is 32.9 Å². The van der Waals surface area contributed by atoms with Crippen LogP contribution in [0.4, 0.5) is 0 Å². The second-order valence-corrected chi connectivity index (χ2v) is 13.0. The maximum absolute atomic E-state index is 15.2. The van der Waals surface area contributed by atoms with Crippen molar-refractivity contribution < 1.29 is 4.57 Å². The van der Waals surface area contributed by atoms with Crippen LogP contribution in [0.2, 0.25) is 0 Å². The summed E-state index contributed by atoms with van der Waals surface area (Å²) in [6.45, 7) is 0. The summed E-state index contributed by atoms with van der Waals surface area (Å²) in [4.78, 5) is 9.87. The molecule has 3 heterocycles. The highest BCUT2D eigenvalue weighted by atomic mass is 31.2. The SMILES string of the molecule is O=P(c1ccccc1)(c1ccccc1)c1ccc2nc3c4cccnc4c4ccc(-c5ccccc5)cc4n3c2c1. The number of hydrogen-bond acceptors (Lipinski definition) is 3. The van der Waals surface area contributed by atoms with E-state index in [1.54, 1.807) is 0 Å². The second-order valence-electron chi connectivity index (χ2n) is 10.2. The Morgan fingerprint density at radius 2 is 1.22 bits per heavy atom. The number of nitrogens with zero attached hydrogens (tertiary/aromatic N) is 3. The smallest absolute Gasteiger partial charge is 0.171 e. The summed E-state index contributed by atoms with van der Waals surface area (Å²) in [5, 5.41) is 4.43. The van der Waals surface area contributed by atoms with Gasteiger partial charge in [0.25, 0.3) is 0 Å². The van der Waals surface area contributed by atoms with Gasteiger partial charge in [-0.2, -0.15) is 0 Å². The third-order valence-corrected chi connectivity index (χ3v) is 10.9. The monoisotopic (exact) mass is 545 g/mol. The van der Waals surface area contributed by atoms with Crippen LogP contribution >= 0.6 is 7.14 Å². The van der Waals surface area contributed by atoms with E-state index >= 15 is 4.57 Å². The molecule has 194 valence electrons. The Kier molecular flexibility index (Phi) is 5.38. The number of rotatable bonds is 4. The Morgan fingerprint density at radius 1 is 0.537 bits per heavy atom. The van der Waals surface area contributed by atoms with Crippen LogP contribution < -0.4 is 15.9 Å². The highest BCUT2D eigenvalue weighted by Gasteiger charge is 2.30. The van der Waals surface area contributed by atoms with Crippen molar-refractivity contribution in [3.8, 4) is 11.1 Å². The number of hydrogen-bond donors (Lipinski definition) is 0. The Labute approximate surface area is 236 Å². The summed E-state index contributed by atoms with van der Waals surface area (Å²) in [7, 11) is -3.15. The van der Waals surface area contributed by atoms with E-state index in [1.807, 2.05) is 91.1 Å². The number of benzene rings is 5. The minimum Gasteiger partial charge on any atom is -0.309 e. The van der Waals surface area contributed by atoms with Gasteiger partial charge in [-0.3, -0.25) is 9.38 Å². The Bertz CT molecular complexity index is 2230. The van der Waals surface area contributed by atoms with Gasteiger partial charge in [-0.1, -0.05) is 103 Å². The maximum atomic E-state index is 15.2. The molecule has 0 aliphatic rings. The molecule has 5 aromatic carbocycles. The van der Waals surface area contributed by atoms with Gasteiger partial charge < -0.3 is 4.57 Å². The van der Waals surface area contributed by atoms with Gasteiger partial charge in [0.15, 0.2) is 7.14 Å². The van der Waals surface area contributed by atoms with Crippen LogP contribution in [0, 0.1) is 0 Å². The number of pyridine rings is 2. The molecule has 41 heavy (non-hydrogen) atoms. The summed E-state index contributed by atoms with van der Waals surface area (Å²) >= 11 is 0. The molecular formula is C36H24N3OP. The molecule has 0 radical (unpaired) electrons. The highest BCUT2D eigenvalue weighted by Crippen LogP contribution is 2.43. The van der Waals surface area contributed by atoms with E-state index in [1.165, 1.54) is 0 Å². The summed E-state index contributed by atoms with van der Waals surface area (Å²) in [6.07, 6.45) is 1.83. The number of imidazole rings is 1. The predicted molar refractivity (Wildman–Crippen MR) is 170 cm³/mol. The van der Waals surface area contributed by atoms with Crippen molar-refractivity contribution in [2.45, 2.75) is 0 Å². The third-order valence-electron chi connectivity index (χ3n) is 7.89. The standard InChI is InChI=1S/C36H24N3OP/c40-41(27-13-6-2-7-14-27,28-15-8-3-9-16-28)29-19-21-32-34(24-29)39-33-23-26(25-11-4-1-5-12-25)18-20-30(33)35-31(36(39)38-32)17-10-22-37-35/h1-24H.